The van der Waals surface area contributed by atoms with Gasteiger partial charge in [-0.25, -0.2) is 9.97 Å². The lowest BCUT2D eigenvalue weighted by molar-refractivity contribution is 0.0740. The SMILES string of the molecule is CCCNc1cnc(C(=O)N2CCN(c3ccc(OC)cc3)CC2)cn1. The number of anilines is 2. The second-order valence-corrected chi connectivity index (χ2v) is 6.19. The molecular weight excluding hydrogens is 330 g/mol. The molecule has 0 bridgehead atoms. The Morgan fingerprint density at radius 2 is 1.85 bits per heavy atom. The van der Waals surface area contributed by atoms with Crippen molar-refractivity contribution in [3.05, 3.63) is 42.4 Å². The zero-order chi connectivity index (χ0) is 18.4. The molecule has 7 heteroatoms. The van der Waals surface area contributed by atoms with Gasteiger partial charge in [-0.3, -0.25) is 4.79 Å². The van der Waals surface area contributed by atoms with Gasteiger partial charge in [0.1, 0.15) is 17.3 Å². The summed E-state index contributed by atoms with van der Waals surface area (Å²) in [7, 11) is 1.66. The summed E-state index contributed by atoms with van der Waals surface area (Å²) in [5.41, 5.74) is 1.54. The van der Waals surface area contributed by atoms with Crippen LogP contribution in [0.2, 0.25) is 0 Å². The molecular formula is C19H25N5O2. The van der Waals surface area contributed by atoms with Crippen LogP contribution in [0.15, 0.2) is 36.7 Å². The summed E-state index contributed by atoms with van der Waals surface area (Å²) in [5.74, 6) is 1.49. The molecule has 138 valence electrons. The van der Waals surface area contributed by atoms with E-state index in [4.69, 9.17) is 4.74 Å². The van der Waals surface area contributed by atoms with Crippen LogP contribution in [-0.4, -0.2) is 60.6 Å². The predicted octanol–water partition coefficient (Wildman–Crippen LogP) is 2.27. The van der Waals surface area contributed by atoms with Gasteiger partial charge in [-0.2, -0.15) is 0 Å². The van der Waals surface area contributed by atoms with Crippen LogP contribution in [0, 0.1) is 0 Å². The zero-order valence-electron chi connectivity index (χ0n) is 15.3. The molecule has 1 amide bonds. The summed E-state index contributed by atoms with van der Waals surface area (Å²) >= 11 is 0. The fourth-order valence-electron chi connectivity index (χ4n) is 2.91. The number of amides is 1. The Hall–Kier alpha value is -2.83. The first-order valence-corrected chi connectivity index (χ1v) is 8.95. The van der Waals surface area contributed by atoms with Crippen molar-refractivity contribution in [2.45, 2.75) is 13.3 Å². The lowest BCUT2D eigenvalue weighted by Crippen LogP contribution is -2.49. The van der Waals surface area contributed by atoms with Gasteiger partial charge in [0.15, 0.2) is 0 Å². The molecule has 2 heterocycles. The Morgan fingerprint density at radius 3 is 2.42 bits per heavy atom. The fourth-order valence-corrected chi connectivity index (χ4v) is 2.91. The van der Waals surface area contributed by atoms with E-state index in [1.807, 2.05) is 29.2 Å². The van der Waals surface area contributed by atoms with Crippen molar-refractivity contribution in [3.8, 4) is 5.75 Å². The van der Waals surface area contributed by atoms with Crippen LogP contribution in [0.5, 0.6) is 5.75 Å². The molecule has 0 saturated carbocycles. The standard InChI is InChI=1S/C19H25N5O2/c1-3-8-20-18-14-21-17(13-22-18)19(25)24-11-9-23(10-12-24)15-4-6-16(26-2)7-5-15/h4-7,13-14H,3,8-12H2,1-2H3,(H,20,22). The first-order chi connectivity index (χ1) is 12.7. The van der Waals surface area contributed by atoms with Crippen molar-refractivity contribution in [1.82, 2.24) is 14.9 Å². The van der Waals surface area contributed by atoms with Crippen LogP contribution < -0.4 is 15.0 Å². The number of nitrogens with zero attached hydrogens (tertiary/aromatic N) is 4. The van der Waals surface area contributed by atoms with Gasteiger partial charge >= 0.3 is 0 Å². The number of carbonyl (C=O) groups is 1. The number of ether oxygens (including phenoxy) is 1. The van der Waals surface area contributed by atoms with E-state index in [0.29, 0.717) is 24.6 Å². The summed E-state index contributed by atoms with van der Waals surface area (Å²) < 4.78 is 5.20. The maximum atomic E-state index is 12.6. The van der Waals surface area contributed by atoms with Crippen LogP contribution in [0.4, 0.5) is 11.5 Å². The van der Waals surface area contributed by atoms with Gasteiger partial charge in [-0.15, -0.1) is 0 Å². The van der Waals surface area contributed by atoms with Gasteiger partial charge in [0.2, 0.25) is 0 Å². The molecule has 0 spiro atoms. The molecule has 1 saturated heterocycles. The highest BCUT2D eigenvalue weighted by Crippen LogP contribution is 2.21. The minimum Gasteiger partial charge on any atom is -0.497 e. The van der Waals surface area contributed by atoms with Crippen molar-refractivity contribution in [3.63, 3.8) is 0 Å². The molecule has 1 fully saturated rings. The molecule has 0 radical (unpaired) electrons. The predicted molar refractivity (Wildman–Crippen MR) is 102 cm³/mol. The quantitative estimate of drug-likeness (QED) is 0.857. The molecule has 0 atom stereocenters. The summed E-state index contributed by atoms with van der Waals surface area (Å²) in [5, 5.41) is 3.16. The lowest BCUT2D eigenvalue weighted by atomic mass is 10.2. The minimum atomic E-state index is -0.0612. The van der Waals surface area contributed by atoms with Crippen molar-refractivity contribution < 1.29 is 9.53 Å². The molecule has 1 aliphatic heterocycles. The summed E-state index contributed by atoms with van der Waals surface area (Å²) in [6.07, 6.45) is 4.19. The average Bonchev–Trinajstić information content (AvgIpc) is 2.72. The Kier molecular flexibility index (Phi) is 5.88. The van der Waals surface area contributed by atoms with E-state index in [0.717, 1.165) is 37.5 Å². The number of nitrogens with one attached hydrogen (secondary N) is 1. The van der Waals surface area contributed by atoms with Gasteiger partial charge in [0, 0.05) is 38.4 Å². The highest BCUT2D eigenvalue weighted by Gasteiger charge is 2.23. The van der Waals surface area contributed by atoms with Gasteiger partial charge < -0.3 is 19.9 Å². The van der Waals surface area contributed by atoms with E-state index in [9.17, 15) is 4.79 Å². The summed E-state index contributed by atoms with van der Waals surface area (Å²) in [6.45, 7) is 5.85. The molecule has 0 unspecified atom stereocenters. The van der Waals surface area contributed by atoms with Crippen molar-refractivity contribution in [2.24, 2.45) is 0 Å². The van der Waals surface area contributed by atoms with Crippen LogP contribution in [-0.2, 0) is 0 Å². The van der Waals surface area contributed by atoms with E-state index in [-0.39, 0.29) is 5.91 Å². The summed E-state index contributed by atoms with van der Waals surface area (Å²) in [4.78, 5) is 25.3. The fraction of sp³-hybridized carbons (Fsp3) is 0.421. The molecule has 1 aliphatic rings. The van der Waals surface area contributed by atoms with Crippen LogP contribution in [0.1, 0.15) is 23.8 Å². The minimum absolute atomic E-state index is 0.0612. The largest absolute Gasteiger partial charge is 0.497 e. The normalized spacial score (nSPS) is 14.2. The zero-order valence-corrected chi connectivity index (χ0v) is 15.3. The van der Waals surface area contributed by atoms with E-state index in [1.165, 1.54) is 0 Å². The molecule has 3 rings (SSSR count). The molecule has 0 aliphatic carbocycles. The number of hydrogen-bond donors (Lipinski definition) is 1. The molecule has 1 aromatic carbocycles. The monoisotopic (exact) mass is 355 g/mol. The Labute approximate surface area is 154 Å². The number of carbonyl (C=O) groups excluding carboxylic acids is 1. The first kappa shape index (κ1) is 18.0. The third kappa shape index (κ3) is 4.22. The highest BCUT2D eigenvalue weighted by atomic mass is 16.5. The maximum Gasteiger partial charge on any atom is 0.274 e. The Morgan fingerprint density at radius 1 is 1.12 bits per heavy atom. The lowest BCUT2D eigenvalue weighted by Gasteiger charge is -2.36. The molecule has 2 aromatic rings. The van der Waals surface area contributed by atoms with E-state index < -0.39 is 0 Å². The number of benzene rings is 1. The first-order valence-electron chi connectivity index (χ1n) is 8.95. The average molecular weight is 355 g/mol. The summed E-state index contributed by atoms with van der Waals surface area (Å²) in [6, 6.07) is 8.00. The maximum absolute atomic E-state index is 12.6. The van der Waals surface area contributed by atoms with Gasteiger partial charge in [0.05, 0.1) is 19.5 Å². The molecule has 7 nitrogen and oxygen atoms in total. The van der Waals surface area contributed by atoms with Crippen molar-refractivity contribution in [2.75, 3.05) is 50.1 Å². The number of hydrogen-bond acceptors (Lipinski definition) is 6. The van der Waals surface area contributed by atoms with Crippen molar-refractivity contribution >= 4 is 17.4 Å². The van der Waals surface area contributed by atoms with Crippen LogP contribution in [0.25, 0.3) is 0 Å². The molecule has 1 aromatic heterocycles. The highest BCUT2D eigenvalue weighted by molar-refractivity contribution is 5.92. The van der Waals surface area contributed by atoms with Gasteiger partial charge in [-0.05, 0) is 30.7 Å². The second-order valence-electron chi connectivity index (χ2n) is 6.19. The molecule has 1 N–H and O–H groups in total. The number of rotatable bonds is 6. The topological polar surface area (TPSA) is 70.6 Å². The van der Waals surface area contributed by atoms with Gasteiger partial charge in [-0.1, -0.05) is 6.92 Å². The molecule has 26 heavy (non-hydrogen) atoms. The van der Waals surface area contributed by atoms with E-state index >= 15 is 0 Å². The van der Waals surface area contributed by atoms with E-state index in [1.54, 1.807) is 19.5 Å². The Bertz CT molecular complexity index is 710. The van der Waals surface area contributed by atoms with Crippen LogP contribution >= 0.6 is 0 Å². The smallest absolute Gasteiger partial charge is 0.274 e. The Balaban J connectivity index is 1.55. The third-order valence-corrected chi connectivity index (χ3v) is 4.43. The number of aromatic nitrogens is 2. The van der Waals surface area contributed by atoms with E-state index in [2.05, 4.69) is 27.1 Å². The van der Waals surface area contributed by atoms with Crippen LogP contribution in [0.3, 0.4) is 0 Å². The number of methoxy groups -OCH3 is 1. The second kappa shape index (κ2) is 8.51. The number of piperazine rings is 1. The van der Waals surface area contributed by atoms with Gasteiger partial charge in [0.25, 0.3) is 5.91 Å². The third-order valence-electron chi connectivity index (χ3n) is 4.43. The van der Waals surface area contributed by atoms with Crippen molar-refractivity contribution in [1.29, 1.82) is 0 Å².